The lowest BCUT2D eigenvalue weighted by Crippen LogP contribution is -2.23. The van der Waals surface area contributed by atoms with Gasteiger partial charge in [0.1, 0.15) is 11.5 Å². The summed E-state index contributed by atoms with van der Waals surface area (Å²) in [5.74, 6) is -0.609. The van der Waals surface area contributed by atoms with Gasteiger partial charge in [0, 0.05) is 19.3 Å². The Kier molecular flexibility index (Phi) is 4.47. The number of pyridine rings is 1. The maximum Gasteiger partial charge on any atom is 0.295 e. The van der Waals surface area contributed by atoms with E-state index in [1.165, 1.54) is 12.1 Å². The summed E-state index contributed by atoms with van der Waals surface area (Å²) in [6.07, 6.45) is 2.45. The number of hydrogen-bond acceptors (Lipinski definition) is 5. The fourth-order valence-electron chi connectivity index (χ4n) is 2.68. The molecule has 1 aliphatic heterocycles. The first-order valence-electron chi connectivity index (χ1n) is 7.34. The van der Waals surface area contributed by atoms with Crippen molar-refractivity contribution in [3.05, 3.63) is 64.2 Å². The Labute approximate surface area is 132 Å². The molecule has 0 bridgehead atoms. The molecule has 1 aromatic heterocycles. The van der Waals surface area contributed by atoms with E-state index >= 15 is 0 Å². The van der Waals surface area contributed by atoms with E-state index in [0.717, 1.165) is 18.2 Å². The lowest BCUT2D eigenvalue weighted by atomic mass is 10.2. The normalized spacial score (nSPS) is 17.4. The smallest absolute Gasteiger partial charge is 0.295 e. The number of rotatable bonds is 5. The highest BCUT2D eigenvalue weighted by molar-refractivity contribution is 5.63. The van der Waals surface area contributed by atoms with Crippen LogP contribution in [0.1, 0.15) is 12.1 Å². The van der Waals surface area contributed by atoms with Gasteiger partial charge in [0.15, 0.2) is 0 Å². The second kappa shape index (κ2) is 6.70. The van der Waals surface area contributed by atoms with Crippen molar-refractivity contribution in [1.82, 2.24) is 4.98 Å². The van der Waals surface area contributed by atoms with E-state index in [1.54, 1.807) is 6.20 Å². The number of aromatic nitrogens is 1. The van der Waals surface area contributed by atoms with Gasteiger partial charge in [-0.15, -0.1) is 0 Å². The van der Waals surface area contributed by atoms with Crippen molar-refractivity contribution in [2.45, 2.75) is 19.1 Å². The van der Waals surface area contributed by atoms with Crippen molar-refractivity contribution in [3.63, 3.8) is 0 Å². The van der Waals surface area contributed by atoms with E-state index in [9.17, 15) is 14.5 Å². The number of nitro groups is 1. The van der Waals surface area contributed by atoms with Gasteiger partial charge in [-0.2, -0.15) is 0 Å². The van der Waals surface area contributed by atoms with Gasteiger partial charge in [-0.3, -0.25) is 15.1 Å². The molecule has 1 aromatic carbocycles. The molecule has 0 radical (unpaired) electrons. The maximum atomic E-state index is 13.2. The predicted molar refractivity (Wildman–Crippen MR) is 82.7 cm³/mol. The number of benzene rings is 1. The van der Waals surface area contributed by atoms with Crippen LogP contribution in [0.2, 0.25) is 0 Å². The summed E-state index contributed by atoms with van der Waals surface area (Å²) in [6, 6.07) is 9.27. The van der Waals surface area contributed by atoms with Crippen LogP contribution in [0.15, 0.2) is 42.6 Å². The number of ether oxygens (including phenoxy) is 1. The lowest BCUT2D eigenvalue weighted by Gasteiger charge is -2.18. The Morgan fingerprint density at radius 3 is 3.00 bits per heavy atom. The average molecular weight is 317 g/mol. The quantitative estimate of drug-likeness (QED) is 0.626. The van der Waals surface area contributed by atoms with E-state index in [4.69, 9.17) is 4.74 Å². The number of nitro benzene ring substituents is 1. The molecule has 7 heteroatoms. The monoisotopic (exact) mass is 317 g/mol. The van der Waals surface area contributed by atoms with E-state index < -0.39 is 10.7 Å². The fourth-order valence-corrected chi connectivity index (χ4v) is 2.68. The molecule has 0 spiro atoms. The van der Waals surface area contributed by atoms with Crippen LogP contribution < -0.4 is 4.90 Å². The third-order valence-corrected chi connectivity index (χ3v) is 3.81. The Hall–Kier alpha value is -2.54. The van der Waals surface area contributed by atoms with Gasteiger partial charge in [0.25, 0.3) is 5.69 Å². The molecule has 1 fully saturated rings. The lowest BCUT2D eigenvalue weighted by molar-refractivity contribution is -0.384. The van der Waals surface area contributed by atoms with Crippen LogP contribution in [0.4, 0.5) is 15.8 Å². The van der Waals surface area contributed by atoms with Crippen molar-refractivity contribution >= 4 is 11.4 Å². The molecule has 1 aliphatic rings. The van der Waals surface area contributed by atoms with Gasteiger partial charge < -0.3 is 9.64 Å². The second-order valence-corrected chi connectivity index (χ2v) is 5.38. The minimum absolute atomic E-state index is 0.0262. The molecule has 2 heterocycles. The second-order valence-electron chi connectivity index (χ2n) is 5.38. The number of anilines is 1. The number of nitrogens with zero attached hydrogens (tertiary/aromatic N) is 3. The average Bonchev–Trinajstić information content (AvgIpc) is 3.02. The van der Waals surface area contributed by atoms with Gasteiger partial charge >= 0.3 is 0 Å². The minimum atomic E-state index is -0.609. The molecule has 1 saturated heterocycles. The van der Waals surface area contributed by atoms with Gasteiger partial charge in [0.2, 0.25) is 0 Å². The van der Waals surface area contributed by atoms with Gasteiger partial charge in [-0.1, -0.05) is 6.07 Å². The molecule has 23 heavy (non-hydrogen) atoms. The van der Waals surface area contributed by atoms with Crippen LogP contribution in [-0.4, -0.2) is 29.1 Å². The Bertz CT molecular complexity index is 696. The Morgan fingerprint density at radius 1 is 1.39 bits per heavy atom. The van der Waals surface area contributed by atoms with Crippen LogP contribution in [-0.2, 0) is 11.3 Å². The fraction of sp³-hybridized carbons (Fsp3) is 0.312. The first-order valence-corrected chi connectivity index (χ1v) is 7.34. The van der Waals surface area contributed by atoms with Crippen LogP contribution in [0, 0.1) is 15.9 Å². The first kappa shape index (κ1) is 15.4. The highest BCUT2D eigenvalue weighted by atomic mass is 19.1. The molecule has 0 saturated carbocycles. The molecule has 0 unspecified atom stereocenters. The van der Waals surface area contributed by atoms with Crippen molar-refractivity contribution in [2.24, 2.45) is 0 Å². The summed E-state index contributed by atoms with van der Waals surface area (Å²) in [4.78, 5) is 16.6. The molecule has 0 N–H and O–H groups in total. The Morgan fingerprint density at radius 2 is 2.26 bits per heavy atom. The van der Waals surface area contributed by atoms with Crippen molar-refractivity contribution in [2.75, 3.05) is 18.0 Å². The largest absolute Gasteiger partial charge is 0.370 e. The SMILES string of the molecule is O=[N+]([O-])c1cc(F)ccc1N1CC[C@H](OCc2ccccn2)C1. The molecule has 2 aromatic rings. The molecule has 1 atom stereocenters. The summed E-state index contributed by atoms with van der Waals surface area (Å²) < 4.78 is 19.0. The summed E-state index contributed by atoms with van der Waals surface area (Å²) in [5, 5.41) is 11.1. The number of hydrogen-bond donors (Lipinski definition) is 0. The molecule has 120 valence electrons. The molecule has 0 amide bonds. The minimum Gasteiger partial charge on any atom is -0.370 e. The summed E-state index contributed by atoms with van der Waals surface area (Å²) in [5.41, 5.74) is 1.06. The topological polar surface area (TPSA) is 68.5 Å². The van der Waals surface area contributed by atoms with Gasteiger partial charge in [-0.05, 0) is 30.7 Å². The zero-order valence-corrected chi connectivity index (χ0v) is 12.4. The molecular weight excluding hydrogens is 301 g/mol. The van der Waals surface area contributed by atoms with Crippen LogP contribution >= 0.6 is 0 Å². The van der Waals surface area contributed by atoms with Crippen molar-refractivity contribution in [1.29, 1.82) is 0 Å². The third-order valence-electron chi connectivity index (χ3n) is 3.81. The van der Waals surface area contributed by atoms with E-state index in [2.05, 4.69) is 4.98 Å². The van der Waals surface area contributed by atoms with E-state index in [0.29, 0.717) is 25.4 Å². The van der Waals surface area contributed by atoms with Crippen LogP contribution in [0.5, 0.6) is 0 Å². The van der Waals surface area contributed by atoms with Crippen molar-refractivity contribution < 1.29 is 14.1 Å². The zero-order chi connectivity index (χ0) is 16.2. The van der Waals surface area contributed by atoms with Crippen molar-refractivity contribution in [3.8, 4) is 0 Å². The zero-order valence-electron chi connectivity index (χ0n) is 12.4. The highest BCUT2D eigenvalue weighted by Crippen LogP contribution is 2.32. The van der Waals surface area contributed by atoms with Gasteiger partial charge in [-0.25, -0.2) is 4.39 Å². The van der Waals surface area contributed by atoms with Crippen LogP contribution in [0.3, 0.4) is 0 Å². The Balaban J connectivity index is 1.65. The molecular formula is C16H16FN3O3. The molecule has 3 rings (SSSR count). The maximum absolute atomic E-state index is 13.2. The van der Waals surface area contributed by atoms with Crippen LogP contribution in [0.25, 0.3) is 0 Å². The standard InChI is InChI=1S/C16H16FN3O3/c17-12-4-5-15(16(9-12)20(21)22)19-8-6-14(10-19)23-11-13-3-1-2-7-18-13/h1-5,7,9,14H,6,8,10-11H2/t14-/m0/s1. The summed E-state index contributed by atoms with van der Waals surface area (Å²) >= 11 is 0. The predicted octanol–water partition coefficient (Wildman–Crippen LogP) is 2.92. The van der Waals surface area contributed by atoms with E-state index in [1.807, 2.05) is 23.1 Å². The third kappa shape index (κ3) is 3.62. The first-order chi connectivity index (χ1) is 11.1. The summed E-state index contributed by atoms with van der Waals surface area (Å²) in [7, 11) is 0. The van der Waals surface area contributed by atoms with Gasteiger partial charge in [0.05, 0.1) is 29.4 Å². The summed E-state index contributed by atoms with van der Waals surface area (Å²) in [6.45, 7) is 1.59. The highest BCUT2D eigenvalue weighted by Gasteiger charge is 2.28. The number of halogens is 1. The molecule has 0 aliphatic carbocycles. The molecule has 6 nitrogen and oxygen atoms in total. The van der Waals surface area contributed by atoms with E-state index in [-0.39, 0.29) is 11.8 Å².